The van der Waals surface area contributed by atoms with E-state index in [1.54, 1.807) is 0 Å². The van der Waals surface area contributed by atoms with Crippen molar-refractivity contribution in [3.63, 3.8) is 0 Å². The first-order valence-electron chi connectivity index (χ1n) is 10.3. The van der Waals surface area contributed by atoms with Crippen LogP contribution in [0.5, 0.6) is 0 Å². The molecule has 2 aromatic rings. The molecule has 1 unspecified atom stereocenters. The lowest BCUT2D eigenvalue weighted by atomic mass is 10.0. The number of carbonyl (C=O) groups is 1. The van der Waals surface area contributed by atoms with Gasteiger partial charge in [-0.1, -0.05) is 0 Å². The number of morpholine rings is 1. The molecule has 0 bridgehead atoms. The molecule has 1 aromatic carbocycles. The van der Waals surface area contributed by atoms with E-state index >= 15 is 0 Å². The summed E-state index contributed by atoms with van der Waals surface area (Å²) < 4.78 is 5.62. The van der Waals surface area contributed by atoms with Gasteiger partial charge in [0.15, 0.2) is 5.82 Å². The highest BCUT2D eigenvalue weighted by Gasteiger charge is 2.27. The van der Waals surface area contributed by atoms with Crippen molar-refractivity contribution in [1.82, 2.24) is 20.6 Å². The maximum atomic E-state index is 11.7. The van der Waals surface area contributed by atoms with E-state index in [9.17, 15) is 4.79 Å². The number of rotatable bonds is 4. The standard InChI is InChI=1S/C21H28N6O2/c1-3-23-21(28)24-16-6-4-15(5-7-16)19-25-18-12-22-9-8-17(18)20(26-19)27-10-11-29-13-14(27)2/h4-7,14,22H,3,8-13H2,1-2H3,(H2,23,24,28). The number of nitrogens with one attached hydrogen (secondary N) is 3. The molecule has 3 N–H and O–H groups in total. The number of urea groups is 1. The van der Waals surface area contributed by atoms with Crippen LogP contribution in [0.25, 0.3) is 11.4 Å². The van der Waals surface area contributed by atoms with E-state index in [-0.39, 0.29) is 12.1 Å². The molecule has 0 saturated carbocycles. The number of anilines is 2. The van der Waals surface area contributed by atoms with Gasteiger partial charge < -0.3 is 25.6 Å². The van der Waals surface area contributed by atoms with Crippen molar-refractivity contribution in [3.05, 3.63) is 35.5 Å². The van der Waals surface area contributed by atoms with E-state index in [0.29, 0.717) is 19.0 Å². The minimum Gasteiger partial charge on any atom is -0.377 e. The number of nitrogens with zero attached hydrogens (tertiary/aromatic N) is 3. The van der Waals surface area contributed by atoms with Crippen LogP contribution in [0.1, 0.15) is 25.1 Å². The number of aromatic nitrogens is 2. The average Bonchev–Trinajstić information content (AvgIpc) is 2.74. The first-order chi connectivity index (χ1) is 14.2. The molecule has 0 spiro atoms. The first-order valence-corrected chi connectivity index (χ1v) is 10.3. The van der Waals surface area contributed by atoms with E-state index in [4.69, 9.17) is 14.7 Å². The smallest absolute Gasteiger partial charge is 0.319 e. The number of carbonyl (C=O) groups excluding carboxylic acids is 1. The van der Waals surface area contributed by atoms with Gasteiger partial charge in [0.25, 0.3) is 0 Å². The summed E-state index contributed by atoms with van der Waals surface area (Å²) in [5.74, 6) is 1.75. The van der Waals surface area contributed by atoms with Gasteiger partial charge >= 0.3 is 6.03 Å². The number of ether oxygens (including phenoxy) is 1. The van der Waals surface area contributed by atoms with Crippen LogP contribution in [0.4, 0.5) is 16.3 Å². The van der Waals surface area contributed by atoms with Gasteiger partial charge in [-0.05, 0) is 51.1 Å². The first kappa shape index (κ1) is 19.6. The normalized spacial score (nSPS) is 18.8. The van der Waals surface area contributed by atoms with Crippen LogP contribution in [0.2, 0.25) is 0 Å². The summed E-state index contributed by atoms with van der Waals surface area (Å²) in [5.41, 5.74) is 3.98. The highest BCUT2D eigenvalue weighted by Crippen LogP contribution is 2.30. The van der Waals surface area contributed by atoms with Crippen LogP contribution < -0.4 is 20.9 Å². The third kappa shape index (κ3) is 4.33. The Balaban J connectivity index is 1.65. The van der Waals surface area contributed by atoms with Crippen molar-refractivity contribution < 1.29 is 9.53 Å². The van der Waals surface area contributed by atoms with Crippen LogP contribution in [0.15, 0.2) is 24.3 Å². The third-order valence-corrected chi connectivity index (χ3v) is 5.29. The van der Waals surface area contributed by atoms with E-state index < -0.39 is 0 Å². The molecule has 8 nitrogen and oxygen atoms in total. The molecule has 0 radical (unpaired) electrons. The highest BCUT2D eigenvalue weighted by molar-refractivity contribution is 5.89. The SMILES string of the molecule is CCNC(=O)Nc1ccc(-c2nc3c(c(N4CCOCC4C)n2)CCNC3)cc1. The monoisotopic (exact) mass is 396 g/mol. The highest BCUT2D eigenvalue weighted by atomic mass is 16.5. The number of fused-ring (bicyclic) bond motifs is 1. The number of amides is 2. The summed E-state index contributed by atoms with van der Waals surface area (Å²) >= 11 is 0. The summed E-state index contributed by atoms with van der Waals surface area (Å²) in [7, 11) is 0. The minimum atomic E-state index is -0.208. The molecule has 4 rings (SSSR count). The zero-order valence-electron chi connectivity index (χ0n) is 17.0. The Morgan fingerprint density at radius 1 is 1.31 bits per heavy atom. The largest absolute Gasteiger partial charge is 0.377 e. The lowest BCUT2D eigenvalue weighted by molar-refractivity contribution is 0.0984. The number of hydrogen-bond donors (Lipinski definition) is 3. The molecular formula is C21H28N6O2. The fourth-order valence-corrected chi connectivity index (χ4v) is 3.79. The molecule has 0 aliphatic carbocycles. The van der Waals surface area contributed by atoms with Gasteiger partial charge in [-0.15, -0.1) is 0 Å². The number of hydrogen-bond acceptors (Lipinski definition) is 6. The van der Waals surface area contributed by atoms with Gasteiger partial charge in [0.1, 0.15) is 5.82 Å². The summed E-state index contributed by atoms with van der Waals surface area (Å²) in [5, 5.41) is 8.96. The lowest BCUT2D eigenvalue weighted by Crippen LogP contribution is -2.45. The quantitative estimate of drug-likeness (QED) is 0.734. The minimum absolute atomic E-state index is 0.208. The van der Waals surface area contributed by atoms with Crippen molar-refractivity contribution >= 4 is 17.5 Å². The van der Waals surface area contributed by atoms with Crippen LogP contribution in [0, 0.1) is 0 Å². The zero-order chi connectivity index (χ0) is 20.2. The van der Waals surface area contributed by atoms with Crippen molar-refractivity contribution in [3.8, 4) is 11.4 Å². The predicted octanol–water partition coefficient (Wildman–Crippen LogP) is 2.16. The summed E-state index contributed by atoms with van der Waals surface area (Å²) in [6.45, 7) is 8.63. The predicted molar refractivity (Wildman–Crippen MR) is 113 cm³/mol. The van der Waals surface area contributed by atoms with Crippen molar-refractivity contribution in [2.75, 3.05) is 43.1 Å². The average molecular weight is 396 g/mol. The molecule has 2 aliphatic heterocycles. The molecule has 1 saturated heterocycles. The lowest BCUT2D eigenvalue weighted by Gasteiger charge is -2.36. The Hall–Kier alpha value is -2.71. The van der Waals surface area contributed by atoms with E-state index in [1.165, 1.54) is 5.56 Å². The Morgan fingerprint density at radius 3 is 2.90 bits per heavy atom. The van der Waals surface area contributed by atoms with E-state index in [0.717, 1.165) is 55.4 Å². The van der Waals surface area contributed by atoms with Crippen LogP contribution in [0.3, 0.4) is 0 Å². The molecule has 1 atom stereocenters. The molecule has 154 valence electrons. The zero-order valence-corrected chi connectivity index (χ0v) is 17.0. The second-order valence-corrected chi connectivity index (χ2v) is 7.40. The molecule has 2 aliphatic rings. The maximum absolute atomic E-state index is 11.7. The molecule has 8 heteroatoms. The van der Waals surface area contributed by atoms with Gasteiger partial charge in [-0.3, -0.25) is 0 Å². The maximum Gasteiger partial charge on any atom is 0.319 e. The second kappa shape index (κ2) is 8.75. The summed E-state index contributed by atoms with van der Waals surface area (Å²) in [6, 6.07) is 7.73. The summed E-state index contributed by atoms with van der Waals surface area (Å²) in [6.07, 6.45) is 0.935. The molecule has 1 fully saturated rings. The molecule has 2 amide bonds. The van der Waals surface area contributed by atoms with E-state index in [1.807, 2.05) is 31.2 Å². The fourth-order valence-electron chi connectivity index (χ4n) is 3.79. The molecule has 3 heterocycles. The van der Waals surface area contributed by atoms with Crippen LogP contribution >= 0.6 is 0 Å². The van der Waals surface area contributed by atoms with Gasteiger partial charge in [0.05, 0.1) is 24.9 Å². The van der Waals surface area contributed by atoms with Crippen molar-refractivity contribution in [2.24, 2.45) is 0 Å². The van der Waals surface area contributed by atoms with Crippen molar-refractivity contribution in [2.45, 2.75) is 32.9 Å². The van der Waals surface area contributed by atoms with Crippen molar-refractivity contribution in [1.29, 1.82) is 0 Å². The fraction of sp³-hybridized carbons (Fsp3) is 0.476. The van der Waals surface area contributed by atoms with Gasteiger partial charge in [0.2, 0.25) is 0 Å². The van der Waals surface area contributed by atoms with Crippen LogP contribution in [-0.4, -0.2) is 54.9 Å². The van der Waals surface area contributed by atoms with Crippen LogP contribution in [-0.2, 0) is 17.7 Å². The Labute approximate surface area is 171 Å². The third-order valence-electron chi connectivity index (χ3n) is 5.29. The van der Waals surface area contributed by atoms with E-state index in [2.05, 4.69) is 27.8 Å². The molecule has 1 aromatic heterocycles. The molecular weight excluding hydrogens is 368 g/mol. The van der Waals surface area contributed by atoms with Gasteiger partial charge in [-0.2, -0.15) is 0 Å². The number of benzene rings is 1. The Kier molecular flexibility index (Phi) is 5.92. The summed E-state index contributed by atoms with van der Waals surface area (Å²) in [4.78, 5) is 23.9. The Bertz CT molecular complexity index is 870. The second-order valence-electron chi connectivity index (χ2n) is 7.40. The van der Waals surface area contributed by atoms with Gasteiger partial charge in [0, 0.05) is 36.4 Å². The topological polar surface area (TPSA) is 91.4 Å². The van der Waals surface area contributed by atoms with Gasteiger partial charge in [-0.25, -0.2) is 14.8 Å². The Morgan fingerprint density at radius 2 is 2.14 bits per heavy atom. The molecule has 29 heavy (non-hydrogen) atoms.